The topological polar surface area (TPSA) is 95.9 Å². The number of hydrogen-bond donors (Lipinski definition) is 3. The first-order valence-corrected chi connectivity index (χ1v) is 31.1. The molecule has 2 atom stereocenters. The van der Waals surface area contributed by atoms with Crippen molar-refractivity contribution in [1.29, 1.82) is 0 Å². The van der Waals surface area contributed by atoms with E-state index in [2.05, 4.69) is 43.5 Å². The van der Waals surface area contributed by atoms with Gasteiger partial charge in [0.1, 0.15) is 0 Å². The Kier molecular flexibility index (Phi) is 57.5. The highest BCUT2D eigenvalue weighted by molar-refractivity contribution is 5.76. The lowest BCUT2D eigenvalue weighted by Gasteiger charge is -2.22. The van der Waals surface area contributed by atoms with Crippen molar-refractivity contribution in [3.05, 3.63) is 24.3 Å². The van der Waals surface area contributed by atoms with Crippen molar-refractivity contribution in [1.82, 2.24) is 5.32 Å². The minimum Gasteiger partial charge on any atom is -0.466 e. The average molecular weight is 973 g/mol. The second-order valence-electron chi connectivity index (χ2n) is 21.4. The van der Waals surface area contributed by atoms with Crippen molar-refractivity contribution in [2.75, 3.05) is 13.2 Å². The number of nitrogens with one attached hydrogen (secondary N) is 1. The molecular formula is C63H121NO5. The van der Waals surface area contributed by atoms with E-state index in [0.29, 0.717) is 25.9 Å². The Labute approximate surface area is 431 Å². The second kappa shape index (κ2) is 58.9. The van der Waals surface area contributed by atoms with E-state index in [1.165, 1.54) is 257 Å². The van der Waals surface area contributed by atoms with Gasteiger partial charge in [0, 0.05) is 12.8 Å². The van der Waals surface area contributed by atoms with E-state index >= 15 is 0 Å². The van der Waals surface area contributed by atoms with Gasteiger partial charge in [-0.15, -0.1) is 0 Å². The largest absolute Gasteiger partial charge is 0.466 e. The molecule has 0 saturated carbocycles. The zero-order valence-corrected chi connectivity index (χ0v) is 46.6. The molecule has 0 aromatic carbocycles. The van der Waals surface area contributed by atoms with Crippen molar-refractivity contribution in [2.24, 2.45) is 0 Å². The third kappa shape index (κ3) is 55.5. The summed E-state index contributed by atoms with van der Waals surface area (Å²) in [5.74, 6) is -0.0255. The van der Waals surface area contributed by atoms with Gasteiger partial charge in [-0.25, -0.2) is 0 Å². The maximum absolute atomic E-state index is 12.4. The molecule has 0 rings (SSSR count). The highest BCUT2D eigenvalue weighted by atomic mass is 16.5. The van der Waals surface area contributed by atoms with Gasteiger partial charge in [0.05, 0.1) is 25.4 Å². The van der Waals surface area contributed by atoms with Gasteiger partial charge in [-0.3, -0.25) is 9.59 Å². The minimum absolute atomic E-state index is 0.00924. The average Bonchev–Trinajstić information content (AvgIpc) is 3.35. The Hall–Kier alpha value is -1.66. The lowest BCUT2D eigenvalue weighted by Crippen LogP contribution is -2.45. The molecule has 408 valence electrons. The Morgan fingerprint density at radius 1 is 0.406 bits per heavy atom. The lowest BCUT2D eigenvalue weighted by molar-refractivity contribution is -0.143. The molecule has 1 amide bonds. The first-order chi connectivity index (χ1) is 34.0. The monoisotopic (exact) mass is 972 g/mol. The normalized spacial score (nSPS) is 12.7. The second-order valence-corrected chi connectivity index (χ2v) is 21.4. The first-order valence-electron chi connectivity index (χ1n) is 31.1. The molecular weight excluding hydrogens is 851 g/mol. The van der Waals surface area contributed by atoms with Gasteiger partial charge in [-0.05, 0) is 57.8 Å². The van der Waals surface area contributed by atoms with E-state index in [1.807, 2.05) is 0 Å². The Balaban J connectivity index is 3.32. The summed E-state index contributed by atoms with van der Waals surface area (Å²) in [5, 5.41) is 23.1. The smallest absolute Gasteiger partial charge is 0.305 e. The van der Waals surface area contributed by atoms with Gasteiger partial charge < -0.3 is 20.3 Å². The van der Waals surface area contributed by atoms with E-state index in [0.717, 1.165) is 51.4 Å². The summed E-state index contributed by atoms with van der Waals surface area (Å²) in [6.45, 7) is 4.93. The number of aliphatic hydroxyl groups excluding tert-OH is 2. The number of hydrogen-bond acceptors (Lipinski definition) is 5. The zero-order chi connectivity index (χ0) is 50.0. The minimum atomic E-state index is -0.660. The summed E-state index contributed by atoms with van der Waals surface area (Å²) in [6, 6.07) is -0.537. The fourth-order valence-corrected chi connectivity index (χ4v) is 9.73. The molecule has 2 unspecified atom stereocenters. The van der Waals surface area contributed by atoms with Crippen molar-refractivity contribution in [3.63, 3.8) is 0 Å². The molecule has 69 heavy (non-hydrogen) atoms. The van der Waals surface area contributed by atoms with E-state index in [9.17, 15) is 19.8 Å². The number of allylic oxidation sites excluding steroid dienone is 4. The Morgan fingerprint density at radius 2 is 0.725 bits per heavy atom. The maximum atomic E-state index is 12.4. The fraction of sp³-hybridized carbons (Fsp3) is 0.905. The van der Waals surface area contributed by atoms with Crippen LogP contribution in [-0.2, 0) is 14.3 Å². The Morgan fingerprint density at radius 3 is 1.12 bits per heavy atom. The van der Waals surface area contributed by atoms with E-state index in [-0.39, 0.29) is 18.5 Å². The number of unbranched alkanes of at least 4 members (excludes halogenated alkanes) is 43. The van der Waals surface area contributed by atoms with E-state index in [1.54, 1.807) is 0 Å². The summed E-state index contributed by atoms with van der Waals surface area (Å²) in [6.07, 6.45) is 72.0. The molecule has 0 spiro atoms. The Bertz CT molecular complexity index is 1080. The molecule has 0 aliphatic rings. The van der Waals surface area contributed by atoms with Crippen molar-refractivity contribution >= 4 is 11.9 Å². The van der Waals surface area contributed by atoms with E-state index in [4.69, 9.17) is 4.74 Å². The van der Waals surface area contributed by atoms with Gasteiger partial charge in [-0.2, -0.15) is 0 Å². The van der Waals surface area contributed by atoms with Crippen LogP contribution in [0.5, 0.6) is 0 Å². The number of amides is 1. The SMILES string of the molecule is CCCCCC/C=C\C/C=C\CCCCCCCCCC(=O)OCCCCCCCCCCCCCCCCCCCCCCCCCCCC(=O)NC(CO)C(O)CCCCCCCCCCC. The summed E-state index contributed by atoms with van der Waals surface area (Å²) in [5.41, 5.74) is 0. The van der Waals surface area contributed by atoms with Gasteiger partial charge in [0.15, 0.2) is 0 Å². The van der Waals surface area contributed by atoms with Gasteiger partial charge in [0.2, 0.25) is 5.91 Å². The van der Waals surface area contributed by atoms with Crippen LogP contribution in [0, 0.1) is 0 Å². The molecule has 0 fully saturated rings. The third-order valence-corrected chi connectivity index (χ3v) is 14.5. The lowest BCUT2D eigenvalue weighted by atomic mass is 10.0. The van der Waals surface area contributed by atoms with Crippen LogP contribution in [0.15, 0.2) is 24.3 Å². The highest BCUT2D eigenvalue weighted by Crippen LogP contribution is 2.18. The molecule has 0 aromatic heterocycles. The summed E-state index contributed by atoms with van der Waals surface area (Å²) < 4.78 is 5.49. The number of aliphatic hydroxyl groups is 2. The fourth-order valence-electron chi connectivity index (χ4n) is 9.73. The molecule has 0 aliphatic carbocycles. The van der Waals surface area contributed by atoms with Crippen LogP contribution in [0.1, 0.15) is 341 Å². The first kappa shape index (κ1) is 67.3. The van der Waals surface area contributed by atoms with Gasteiger partial charge in [-0.1, -0.05) is 295 Å². The molecule has 6 heteroatoms. The third-order valence-electron chi connectivity index (χ3n) is 14.5. The van der Waals surface area contributed by atoms with Crippen LogP contribution in [0.25, 0.3) is 0 Å². The van der Waals surface area contributed by atoms with Gasteiger partial charge >= 0.3 is 5.97 Å². The molecule has 0 radical (unpaired) electrons. The number of esters is 1. The maximum Gasteiger partial charge on any atom is 0.305 e. The number of ether oxygens (including phenoxy) is 1. The van der Waals surface area contributed by atoms with Crippen LogP contribution >= 0.6 is 0 Å². The van der Waals surface area contributed by atoms with Crippen LogP contribution in [0.4, 0.5) is 0 Å². The number of carbonyl (C=O) groups is 2. The predicted octanol–water partition coefficient (Wildman–Crippen LogP) is 19.4. The number of carbonyl (C=O) groups excluding carboxylic acids is 2. The highest BCUT2D eigenvalue weighted by Gasteiger charge is 2.20. The molecule has 6 nitrogen and oxygen atoms in total. The van der Waals surface area contributed by atoms with Crippen LogP contribution in [0.2, 0.25) is 0 Å². The van der Waals surface area contributed by atoms with Gasteiger partial charge in [0.25, 0.3) is 0 Å². The van der Waals surface area contributed by atoms with Crippen LogP contribution in [0.3, 0.4) is 0 Å². The molecule has 0 aromatic rings. The van der Waals surface area contributed by atoms with Crippen LogP contribution < -0.4 is 5.32 Å². The summed E-state index contributed by atoms with van der Waals surface area (Å²) in [4.78, 5) is 24.5. The molecule has 0 aliphatic heterocycles. The van der Waals surface area contributed by atoms with Crippen molar-refractivity contribution in [3.8, 4) is 0 Å². The van der Waals surface area contributed by atoms with Crippen LogP contribution in [-0.4, -0.2) is 47.4 Å². The molecule has 0 saturated heterocycles. The van der Waals surface area contributed by atoms with E-state index < -0.39 is 12.1 Å². The van der Waals surface area contributed by atoms with Crippen molar-refractivity contribution in [2.45, 2.75) is 353 Å². The predicted molar refractivity (Wildman–Crippen MR) is 301 cm³/mol. The zero-order valence-electron chi connectivity index (χ0n) is 46.6. The van der Waals surface area contributed by atoms with Crippen molar-refractivity contribution < 1.29 is 24.5 Å². The molecule has 0 heterocycles. The molecule has 3 N–H and O–H groups in total. The summed E-state index contributed by atoms with van der Waals surface area (Å²) >= 11 is 0. The number of rotatable bonds is 58. The standard InChI is InChI=1S/C63H121NO5/c1-3-5-7-9-11-13-14-15-16-17-28-31-34-37-41-45-49-53-57-63(68)69-58-54-50-46-42-38-35-32-29-26-24-22-20-18-19-21-23-25-27-30-33-36-40-44-48-52-56-62(67)64-60(59-65)61(66)55-51-47-43-39-12-10-8-6-4-2/h13-14,16-17,60-61,65-66H,3-12,15,18-59H2,1-2H3,(H,64,67)/b14-13-,17-16-. The molecule has 0 bridgehead atoms. The summed E-state index contributed by atoms with van der Waals surface area (Å²) in [7, 11) is 0. The quantitative estimate of drug-likeness (QED) is 0.0321.